The van der Waals surface area contributed by atoms with Crippen LogP contribution < -0.4 is 5.32 Å². The zero-order valence-corrected chi connectivity index (χ0v) is 13.9. The van der Waals surface area contributed by atoms with Crippen LogP contribution in [0, 0.1) is 5.41 Å². The first-order chi connectivity index (χ1) is 9.57. The molecule has 0 aromatic rings. The fraction of sp³-hybridized carbons (Fsp3) is 1.00. The highest BCUT2D eigenvalue weighted by Gasteiger charge is 2.38. The smallest absolute Gasteiger partial charge is 0.0472 e. The first-order valence-electron chi connectivity index (χ1n) is 8.25. The van der Waals surface area contributed by atoms with Gasteiger partial charge in [-0.3, -0.25) is 0 Å². The molecule has 1 saturated carbocycles. The third-order valence-corrected chi connectivity index (χ3v) is 6.26. The van der Waals surface area contributed by atoms with Gasteiger partial charge in [-0.25, -0.2) is 0 Å². The number of ether oxygens (including phenoxy) is 1. The van der Waals surface area contributed by atoms with Crippen LogP contribution in [0.5, 0.6) is 0 Å². The third-order valence-electron chi connectivity index (χ3n) is 4.96. The second-order valence-electron chi connectivity index (χ2n) is 7.59. The van der Waals surface area contributed by atoms with Crippen LogP contribution in [0.2, 0.25) is 0 Å². The van der Waals surface area contributed by atoms with Crippen molar-refractivity contribution in [2.75, 3.05) is 45.1 Å². The molecule has 1 N–H and O–H groups in total. The molecule has 2 saturated heterocycles. The normalized spacial score (nSPS) is 30.3. The number of nitrogens with zero attached hydrogens (tertiary/aromatic N) is 1. The van der Waals surface area contributed by atoms with Gasteiger partial charge in [0.2, 0.25) is 0 Å². The van der Waals surface area contributed by atoms with Crippen LogP contribution in [0.25, 0.3) is 0 Å². The quantitative estimate of drug-likeness (QED) is 0.842. The molecule has 3 aliphatic rings. The number of nitrogens with one attached hydrogen (secondary N) is 1. The summed E-state index contributed by atoms with van der Waals surface area (Å²) < 4.78 is 6.05. The predicted octanol–water partition coefficient (Wildman–Crippen LogP) is 2.36. The van der Waals surface area contributed by atoms with Crippen molar-refractivity contribution in [3.63, 3.8) is 0 Å². The van der Waals surface area contributed by atoms with Crippen molar-refractivity contribution in [1.29, 1.82) is 0 Å². The average molecular weight is 298 g/mol. The van der Waals surface area contributed by atoms with Crippen molar-refractivity contribution in [3.05, 3.63) is 0 Å². The summed E-state index contributed by atoms with van der Waals surface area (Å²) in [6.45, 7) is 11.7. The van der Waals surface area contributed by atoms with Crippen molar-refractivity contribution in [3.8, 4) is 0 Å². The van der Waals surface area contributed by atoms with E-state index in [1.54, 1.807) is 0 Å². The predicted molar refractivity (Wildman–Crippen MR) is 86.5 cm³/mol. The molecule has 4 heteroatoms. The third kappa shape index (κ3) is 4.12. The highest BCUT2D eigenvalue weighted by atomic mass is 32.2. The Morgan fingerprint density at radius 3 is 2.65 bits per heavy atom. The van der Waals surface area contributed by atoms with Gasteiger partial charge in [0.1, 0.15) is 0 Å². The van der Waals surface area contributed by atoms with Crippen molar-refractivity contribution >= 4 is 11.8 Å². The van der Waals surface area contributed by atoms with E-state index in [0.717, 1.165) is 19.3 Å². The van der Waals surface area contributed by atoms with Crippen LogP contribution in [0.15, 0.2) is 0 Å². The molecule has 0 radical (unpaired) electrons. The first-order valence-corrected chi connectivity index (χ1v) is 9.23. The molecular formula is C16H30N2OS. The SMILES string of the molecule is CC1(C)CN(CC2(CNC3CC3)CCOCC2)CCS1. The topological polar surface area (TPSA) is 24.5 Å². The fourth-order valence-electron chi connectivity index (χ4n) is 3.57. The molecule has 20 heavy (non-hydrogen) atoms. The molecule has 3 rings (SSSR count). The van der Waals surface area contributed by atoms with Crippen LogP contribution in [0.1, 0.15) is 39.5 Å². The highest BCUT2D eigenvalue weighted by molar-refractivity contribution is 8.00. The van der Waals surface area contributed by atoms with Crippen molar-refractivity contribution < 1.29 is 4.74 Å². The summed E-state index contributed by atoms with van der Waals surface area (Å²) in [7, 11) is 0. The molecule has 0 aromatic heterocycles. The first kappa shape index (κ1) is 15.1. The minimum absolute atomic E-state index is 0.425. The summed E-state index contributed by atoms with van der Waals surface area (Å²) in [4.78, 5) is 2.72. The van der Waals surface area contributed by atoms with Gasteiger partial charge < -0.3 is 15.0 Å². The summed E-state index contributed by atoms with van der Waals surface area (Å²) in [5.74, 6) is 1.29. The molecule has 0 aromatic carbocycles. The van der Waals surface area contributed by atoms with Crippen LogP contribution in [0.3, 0.4) is 0 Å². The summed E-state index contributed by atoms with van der Waals surface area (Å²) >= 11 is 2.13. The van der Waals surface area contributed by atoms with Crippen LogP contribution in [0.4, 0.5) is 0 Å². The minimum atomic E-state index is 0.425. The maximum absolute atomic E-state index is 5.63. The molecule has 0 spiro atoms. The maximum Gasteiger partial charge on any atom is 0.0472 e. The van der Waals surface area contributed by atoms with Gasteiger partial charge in [-0.2, -0.15) is 11.8 Å². The van der Waals surface area contributed by atoms with E-state index >= 15 is 0 Å². The lowest BCUT2D eigenvalue weighted by molar-refractivity contribution is -0.00516. The largest absolute Gasteiger partial charge is 0.381 e. The molecule has 116 valence electrons. The summed E-state index contributed by atoms with van der Waals surface area (Å²) in [5, 5.41) is 3.79. The van der Waals surface area contributed by atoms with Crippen LogP contribution in [-0.4, -0.2) is 60.8 Å². The lowest BCUT2D eigenvalue weighted by Crippen LogP contribution is -2.52. The van der Waals surface area contributed by atoms with E-state index in [1.165, 1.54) is 57.6 Å². The Morgan fingerprint density at radius 2 is 2.00 bits per heavy atom. The van der Waals surface area contributed by atoms with Gasteiger partial charge in [0.15, 0.2) is 0 Å². The lowest BCUT2D eigenvalue weighted by atomic mass is 9.79. The zero-order chi connectivity index (χ0) is 14.1. The van der Waals surface area contributed by atoms with Gasteiger partial charge in [0.25, 0.3) is 0 Å². The molecule has 3 nitrogen and oxygen atoms in total. The minimum Gasteiger partial charge on any atom is -0.381 e. The molecule has 0 amide bonds. The number of rotatable bonds is 5. The Kier molecular flexibility index (Phi) is 4.66. The second kappa shape index (κ2) is 6.15. The van der Waals surface area contributed by atoms with Gasteiger partial charge in [0, 0.05) is 55.9 Å². The van der Waals surface area contributed by atoms with Gasteiger partial charge in [0.05, 0.1) is 0 Å². The molecular weight excluding hydrogens is 268 g/mol. The summed E-state index contributed by atoms with van der Waals surface area (Å²) in [5.41, 5.74) is 0.457. The Bertz CT molecular complexity index is 324. The van der Waals surface area contributed by atoms with Crippen molar-refractivity contribution in [1.82, 2.24) is 10.2 Å². The van der Waals surface area contributed by atoms with Crippen LogP contribution in [-0.2, 0) is 4.74 Å². The van der Waals surface area contributed by atoms with E-state index in [-0.39, 0.29) is 0 Å². The Balaban J connectivity index is 1.59. The Morgan fingerprint density at radius 1 is 1.25 bits per heavy atom. The van der Waals surface area contributed by atoms with Crippen LogP contribution >= 0.6 is 11.8 Å². The van der Waals surface area contributed by atoms with E-state index in [9.17, 15) is 0 Å². The molecule has 0 bridgehead atoms. The van der Waals surface area contributed by atoms with E-state index in [4.69, 9.17) is 4.74 Å². The number of hydrogen-bond acceptors (Lipinski definition) is 4. The molecule has 2 aliphatic heterocycles. The van der Waals surface area contributed by atoms with E-state index in [2.05, 4.69) is 35.8 Å². The van der Waals surface area contributed by atoms with Crippen molar-refractivity contribution in [2.45, 2.75) is 50.3 Å². The molecule has 0 unspecified atom stereocenters. The summed E-state index contributed by atoms with van der Waals surface area (Å²) in [6, 6.07) is 0.822. The molecule has 1 aliphatic carbocycles. The number of hydrogen-bond donors (Lipinski definition) is 1. The number of thioether (sulfide) groups is 1. The van der Waals surface area contributed by atoms with Crippen molar-refractivity contribution in [2.24, 2.45) is 5.41 Å². The fourth-order valence-corrected chi connectivity index (χ4v) is 4.74. The lowest BCUT2D eigenvalue weighted by Gasteiger charge is -2.45. The van der Waals surface area contributed by atoms with Gasteiger partial charge in [-0.15, -0.1) is 0 Å². The highest BCUT2D eigenvalue weighted by Crippen LogP contribution is 2.36. The van der Waals surface area contributed by atoms with E-state index in [1.807, 2.05) is 0 Å². The zero-order valence-electron chi connectivity index (χ0n) is 13.1. The summed E-state index contributed by atoms with van der Waals surface area (Å²) in [6.07, 6.45) is 5.24. The van der Waals surface area contributed by atoms with Gasteiger partial charge in [-0.1, -0.05) is 0 Å². The monoisotopic (exact) mass is 298 g/mol. The van der Waals surface area contributed by atoms with Gasteiger partial charge >= 0.3 is 0 Å². The maximum atomic E-state index is 5.63. The Hall–Kier alpha value is 0.230. The standard InChI is InChI=1S/C16H30N2OS/c1-15(2)12-18(7-10-20-15)13-16(5-8-19-9-6-16)11-17-14-3-4-14/h14,17H,3-13H2,1-2H3. The second-order valence-corrected chi connectivity index (χ2v) is 9.39. The van der Waals surface area contributed by atoms with Gasteiger partial charge in [-0.05, 0) is 44.9 Å². The molecule has 0 atom stereocenters. The van der Waals surface area contributed by atoms with E-state index in [0.29, 0.717) is 10.2 Å². The van der Waals surface area contributed by atoms with E-state index < -0.39 is 0 Å². The Labute approximate surface area is 128 Å². The average Bonchev–Trinajstić information content (AvgIpc) is 3.20. The molecule has 3 fully saturated rings. The molecule has 2 heterocycles.